The molecule has 0 spiro atoms. The van der Waals surface area contributed by atoms with Crippen molar-refractivity contribution in [2.75, 3.05) is 25.1 Å². The van der Waals surface area contributed by atoms with E-state index in [4.69, 9.17) is 9.47 Å². The number of nitrogens with one attached hydrogen (secondary N) is 2. The maximum Gasteiger partial charge on any atom is 0.182 e. The minimum Gasteiger partial charge on any atom is -0.379 e. The Morgan fingerprint density at radius 3 is 2.88 bits per heavy atom. The average Bonchev–Trinajstić information content (AvgIpc) is 3.09. The third kappa shape index (κ3) is 4.27. The average molecular weight is 327 g/mol. The van der Waals surface area contributed by atoms with E-state index in [1.807, 2.05) is 13.0 Å². The minimum atomic E-state index is 0.583. The van der Waals surface area contributed by atoms with E-state index in [1.165, 1.54) is 6.33 Å². The summed E-state index contributed by atoms with van der Waals surface area (Å²) in [5.74, 6) is 0.746. The number of H-pyrrole nitrogens is 1. The Kier molecular flexibility index (Phi) is 5.70. The summed E-state index contributed by atoms with van der Waals surface area (Å²) in [6, 6.07) is 8.28. The van der Waals surface area contributed by atoms with Crippen LogP contribution in [0.1, 0.15) is 18.1 Å². The molecule has 0 aliphatic carbocycles. The van der Waals surface area contributed by atoms with Gasteiger partial charge in [0, 0.05) is 13.2 Å². The van der Waals surface area contributed by atoms with Gasteiger partial charge in [0.05, 0.1) is 26.1 Å². The first-order valence-corrected chi connectivity index (χ1v) is 7.98. The summed E-state index contributed by atoms with van der Waals surface area (Å²) in [5, 5.41) is 3.32. The van der Waals surface area contributed by atoms with Gasteiger partial charge < -0.3 is 19.8 Å². The van der Waals surface area contributed by atoms with Crippen LogP contribution >= 0.6 is 0 Å². The number of nitrogens with zero attached hydrogens (tertiary/aromatic N) is 3. The van der Waals surface area contributed by atoms with Gasteiger partial charge in [-0.2, -0.15) is 0 Å². The monoisotopic (exact) mass is 327 g/mol. The molecule has 0 amide bonds. The predicted molar refractivity (Wildman–Crippen MR) is 91.6 cm³/mol. The summed E-state index contributed by atoms with van der Waals surface area (Å²) in [7, 11) is 0. The maximum absolute atomic E-state index is 5.61. The van der Waals surface area contributed by atoms with E-state index in [0.29, 0.717) is 32.0 Å². The highest BCUT2D eigenvalue weighted by molar-refractivity contribution is 5.81. The Balaban J connectivity index is 1.55. The molecule has 0 radical (unpaired) electrons. The summed E-state index contributed by atoms with van der Waals surface area (Å²) in [6.45, 7) is 5.18. The van der Waals surface area contributed by atoms with Gasteiger partial charge in [-0.3, -0.25) is 0 Å². The van der Waals surface area contributed by atoms with E-state index in [-0.39, 0.29) is 0 Å². The topological polar surface area (TPSA) is 84.9 Å². The molecule has 7 nitrogen and oxygen atoms in total. The first-order valence-electron chi connectivity index (χ1n) is 7.98. The molecule has 3 rings (SSSR count). The zero-order chi connectivity index (χ0) is 16.6. The van der Waals surface area contributed by atoms with Crippen molar-refractivity contribution < 1.29 is 9.47 Å². The minimum absolute atomic E-state index is 0.583. The smallest absolute Gasteiger partial charge is 0.182 e. The van der Waals surface area contributed by atoms with Gasteiger partial charge in [-0.15, -0.1) is 0 Å². The molecule has 0 atom stereocenters. The standard InChI is InChI=1S/C17H21N5O2/c1-2-23-6-7-24-10-14-5-3-4-13(8-14)9-18-16-15-17(20-11-19-15)22-12-21-16/h3-5,8,11-12H,2,6-7,9-10H2,1H3,(H2,18,19,20,21,22). The van der Waals surface area contributed by atoms with E-state index in [1.54, 1.807) is 6.33 Å². The lowest BCUT2D eigenvalue weighted by Crippen LogP contribution is -2.05. The van der Waals surface area contributed by atoms with Crippen molar-refractivity contribution in [3.8, 4) is 0 Å². The van der Waals surface area contributed by atoms with Gasteiger partial charge in [-0.25, -0.2) is 15.0 Å². The molecule has 2 N–H and O–H groups in total. The van der Waals surface area contributed by atoms with E-state index < -0.39 is 0 Å². The third-order valence-electron chi connectivity index (χ3n) is 3.52. The first kappa shape index (κ1) is 16.4. The fourth-order valence-corrected chi connectivity index (χ4v) is 2.37. The second-order valence-corrected chi connectivity index (χ2v) is 5.25. The lowest BCUT2D eigenvalue weighted by Gasteiger charge is -2.09. The lowest BCUT2D eigenvalue weighted by molar-refractivity contribution is 0.0453. The molecular formula is C17H21N5O2. The zero-order valence-electron chi connectivity index (χ0n) is 13.7. The fourth-order valence-electron chi connectivity index (χ4n) is 2.37. The molecule has 2 aromatic heterocycles. The van der Waals surface area contributed by atoms with Gasteiger partial charge in [0.1, 0.15) is 11.8 Å². The van der Waals surface area contributed by atoms with E-state index in [9.17, 15) is 0 Å². The molecule has 2 heterocycles. The van der Waals surface area contributed by atoms with Crippen LogP contribution in [-0.2, 0) is 22.6 Å². The number of ether oxygens (including phenoxy) is 2. The number of hydrogen-bond acceptors (Lipinski definition) is 6. The third-order valence-corrected chi connectivity index (χ3v) is 3.52. The number of anilines is 1. The number of aromatic nitrogens is 4. The van der Waals surface area contributed by atoms with Crippen LogP contribution in [0.25, 0.3) is 11.2 Å². The van der Waals surface area contributed by atoms with Crippen LogP contribution in [0.15, 0.2) is 36.9 Å². The molecule has 126 valence electrons. The molecule has 3 aromatic rings. The number of rotatable bonds is 9. The number of benzene rings is 1. The number of hydrogen-bond donors (Lipinski definition) is 2. The quantitative estimate of drug-likeness (QED) is 0.588. The van der Waals surface area contributed by atoms with Crippen LogP contribution in [0.3, 0.4) is 0 Å². The molecule has 0 aliphatic heterocycles. The van der Waals surface area contributed by atoms with Crippen LogP contribution in [0.4, 0.5) is 5.82 Å². The number of aromatic amines is 1. The van der Waals surface area contributed by atoms with Crippen LogP contribution < -0.4 is 5.32 Å². The molecule has 24 heavy (non-hydrogen) atoms. The van der Waals surface area contributed by atoms with Crippen molar-refractivity contribution in [2.24, 2.45) is 0 Å². The Hall–Kier alpha value is -2.51. The molecule has 0 unspecified atom stereocenters. The van der Waals surface area contributed by atoms with Crippen molar-refractivity contribution in [1.82, 2.24) is 19.9 Å². The van der Waals surface area contributed by atoms with Crippen molar-refractivity contribution in [3.63, 3.8) is 0 Å². The summed E-state index contributed by atoms with van der Waals surface area (Å²) in [4.78, 5) is 15.5. The predicted octanol–water partition coefficient (Wildman–Crippen LogP) is 2.52. The van der Waals surface area contributed by atoms with Crippen LogP contribution in [0, 0.1) is 0 Å². The second-order valence-electron chi connectivity index (χ2n) is 5.25. The highest BCUT2D eigenvalue weighted by Crippen LogP contribution is 2.16. The zero-order valence-corrected chi connectivity index (χ0v) is 13.7. The number of fused-ring (bicyclic) bond motifs is 1. The van der Waals surface area contributed by atoms with Crippen molar-refractivity contribution in [2.45, 2.75) is 20.1 Å². The van der Waals surface area contributed by atoms with Gasteiger partial charge >= 0.3 is 0 Å². The molecule has 0 bridgehead atoms. The Morgan fingerprint density at radius 1 is 1.08 bits per heavy atom. The SMILES string of the molecule is CCOCCOCc1cccc(CNc2ncnc3nc[nH]c23)c1. The molecule has 0 fully saturated rings. The Labute approximate surface area is 140 Å². The number of imidazole rings is 1. The van der Waals surface area contributed by atoms with Crippen LogP contribution in [0.5, 0.6) is 0 Å². The summed E-state index contributed by atoms with van der Waals surface area (Å²) < 4.78 is 10.9. The van der Waals surface area contributed by atoms with E-state index in [2.05, 4.69) is 43.5 Å². The van der Waals surface area contributed by atoms with Crippen LogP contribution in [0.2, 0.25) is 0 Å². The van der Waals surface area contributed by atoms with Crippen molar-refractivity contribution in [1.29, 1.82) is 0 Å². The lowest BCUT2D eigenvalue weighted by atomic mass is 10.1. The van der Waals surface area contributed by atoms with Gasteiger partial charge in [0.15, 0.2) is 11.5 Å². The molecule has 0 aliphatic rings. The van der Waals surface area contributed by atoms with E-state index >= 15 is 0 Å². The Bertz CT molecular complexity index is 774. The second kappa shape index (κ2) is 8.37. The van der Waals surface area contributed by atoms with E-state index in [0.717, 1.165) is 29.1 Å². The molecule has 7 heteroatoms. The molecule has 1 aromatic carbocycles. The molecular weight excluding hydrogens is 306 g/mol. The summed E-state index contributed by atoms with van der Waals surface area (Å²) in [5.41, 5.74) is 3.77. The first-order chi connectivity index (χ1) is 11.9. The maximum atomic E-state index is 5.61. The molecule has 0 saturated heterocycles. The Morgan fingerprint density at radius 2 is 1.96 bits per heavy atom. The summed E-state index contributed by atoms with van der Waals surface area (Å²) >= 11 is 0. The van der Waals surface area contributed by atoms with Crippen LogP contribution in [-0.4, -0.2) is 39.8 Å². The largest absolute Gasteiger partial charge is 0.379 e. The highest BCUT2D eigenvalue weighted by atomic mass is 16.5. The molecule has 0 saturated carbocycles. The van der Waals surface area contributed by atoms with Crippen molar-refractivity contribution >= 4 is 17.0 Å². The van der Waals surface area contributed by atoms with Gasteiger partial charge in [-0.05, 0) is 18.1 Å². The van der Waals surface area contributed by atoms with Gasteiger partial charge in [0.2, 0.25) is 0 Å². The highest BCUT2D eigenvalue weighted by Gasteiger charge is 2.05. The van der Waals surface area contributed by atoms with Crippen molar-refractivity contribution in [3.05, 3.63) is 48.0 Å². The van der Waals surface area contributed by atoms with Gasteiger partial charge in [0.25, 0.3) is 0 Å². The normalized spacial score (nSPS) is 11.0. The fraction of sp³-hybridized carbons (Fsp3) is 0.353. The summed E-state index contributed by atoms with van der Waals surface area (Å²) in [6.07, 6.45) is 3.12. The van der Waals surface area contributed by atoms with Gasteiger partial charge in [-0.1, -0.05) is 24.3 Å².